The first-order valence-electron chi connectivity index (χ1n) is 5.36. The second kappa shape index (κ2) is 5.51. The molecule has 0 aliphatic carbocycles. The third kappa shape index (κ3) is 2.52. The summed E-state index contributed by atoms with van der Waals surface area (Å²) in [5, 5.41) is 18.4. The SMILES string of the molecule is CCN(CC)c1ccccc1C(O)C(=O)O. The Hall–Kier alpha value is -1.55. The number of carboxylic acids is 1. The van der Waals surface area contributed by atoms with E-state index in [9.17, 15) is 9.90 Å². The molecule has 1 aromatic carbocycles. The fourth-order valence-electron chi connectivity index (χ4n) is 1.70. The monoisotopic (exact) mass is 223 g/mol. The van der Waals surface area contributed by atoms with Crippen molar-refractivity contribution < 1.29 is 15.0 Å². The van der Waals surface area contributed by atoms with E-state index in [0.29, 0.717) is 5.56 Å². The van der Waals surface area contributed by atoms with Crippen molar-refractivity contribution in [3.63, 3.8) is 0 Å². The summed E-state index contributed by atoms with van der Waals surface area (Å²) in [6.45, 7) is 5.54. The van der Waals surface area contributed by atoms with E-state index in [4.69, 9.17) is 5.11 Å². The molecule has 0 saturated heterocycles. The molecule has 0 bridgehead atoms. The second-order valence-electron chi connectivity index (χ2n) is 3.47. The quantitative estimate of drug-likeness (QED) is 0.796. The predicted octanol–water partition coefficient (Wildman–Crippen LogP) is 1.65. The van der Waals surface area contributed by atoms with Crippen LogP contribution in [0.15, 0.2) is 24.3 Å². The van der Waals surface area contributed by atoms with Crippen molar-refractivity contribution in [1.82, 2.24) is 0 Å². The average molecular weight is 223 g/mol. The van der Waals surface area contributed by atoms with Gasteiger partial charge in [-0.05, 0) is 19.9 Å². The molecule has 0 spiro atoms. The number of nitrogens with zero attached hydrogens (tertiary/aromatic N) is 1. The van der Waals surface area contributed by atoms with Crippen molar-refractivity contribution in [2.75, 3.05) is 18.0 Å². The molecule has 0 amide bonds. The third-order valence-corrected chi connectivity index (χ3v) is 2.57. The van der Waals surface area contributed by atoms with Crippen LogP contribution in [0.5, 0.6) is 0 Å². The Bertz CT molecular complexity index is 361. The van der Waals surface area contributed by atoms with Gasteiger partial charge in [-0.25, -0.2) is 4.79 Å². The molecular formula is C12H17NO3. The van der Waals surface area contributed by atoms with Crippen molar-refractivity contribution in [2.24, 2.45) is 0 Å². The highest BCUT2D eigenvalue weighted by Gasteiger charge is 2.20. The molecule has 1 aromatic rings. The number of carboxylic acid groups (broad SMARTS) is 1. The molecule has 0 radical (unpaired) electrons. The van der Waals surface area contributed by atoms with E-state index in [1.807, 2.05) is 30.9 Å². The molecule has 1 rings (SSSR count). The van der Waals surface area contributed by atoms with Gasteiger partial charge in [0.05, 0.1) is 0 Å². The maximum absolute atomic E-state index is 10.8. The molecule has 88 valence electrons. The Morgan fingerprint density at radius 1 is 1.31 bits per heavy atom. The van der Waals surface area contributed by atoms with Crippen LogP contribution in [0.4, 0.5) is 5.69 Å². The molecule has 4 heteroatoms. The highest BCUT2D eigenvalue weighted by Crippen LogP contribution is 2.26. The van der Waals surface area contributed by atoms with E-state index in [0.717, 1.165) is 18.8 Å². The van der Waals surface area contributed by atoms with Gasteiger partial charge in [-0.2, -0.15) is 0 Å². The molecule has 0 aliphatic rings. The van der Waals surface area contributed by atoms with Crippen molar-refractivity contribution in [3.05, 3.63) is 29.8 Å². The molecule has 0 fully saturated rings. The Morgan fingerprint density at radius 3 is 2.38 bits per heavy atom. The molecule has 0 aromatic heterocycles. The largest absolute Gasteiger partial charge is 0.479 e. The number of benzene rings is 1. The van der Waals surface area contributed by atoms with E-state index < -0.39 is 12.1 Å². The molecule has 1 atom stereocenters. The van der Waals surface area contributed by atoms with Crippen LogP contribution < -0.4 is 4.90 Å². The lowest BCUT2D eigenvalue weighted by molar-refractivity contribution is -0.146. The zero-order valence-electron chi connectivity index (χ0n) is 9.55. The number of para-hydroxylation sites is 1. The van der Waals surface area contributed by atoms with Crippen molar-refractivity contribution in [1.29, 1.82) is 0 Å². The molecule has 2 N–H and O–H groups in total. The summed E-state index contributed by atoms with van der Waals surface area (Å²) in [5.41, 5.74) is 1.22. The molecule has 0 saturated carbocycles. The fraction of sp³-hybridized carbons (Fsp3) is 0.417. The minimum absolute atomic E-state index is 0.443. The molecule has 16 heavy (non-hydrogen) atoms. The van der Waals surface area contributed by atoms with Crippen LogP contribution in [0.25, 0.3) is 0 Å². The summed E-state index contributed by atoms with van der Waals surface area (Å²) < 4.78 is 0. The van der Waals surface area contributed by atoms with Gasteiger partial charge in [0, 0.05) is 24.3 Å². The number of hydrogen-bond acceptors (Lipinski definition) is 3. The number of aliphatic hydroxyl groups excluding tert-OH is 1. The number of hydrogen-bond donors (Lipinski definition) is 2. The first kappa shape index (κ1) is 12.5. The number of aliphatic carboxylic acids is 1. The maximum atomic E-state index is 10.8. The lowest BCUT2D eigenvalue weighted by Crippen LogP contribution is -2.25. The van der Waals surface area contributed by atoms with Gasteiger partial charge in [0.15, 0.2) is 6.10 Å². The maximum Gasteiger partial charge on any atom is 0.337 e. The van der Waals surface area contributed by atoms with E-state index >= 15 is 0 Å². The predicted molar refractivity (Wildman–Crippen MR) is 62.6 cm³/mol. The van der Waals surface area contributed by atoms with Crippen LogP contribution in [0, 0.1) is 0 Å². The molecule has 1 unspecified atom stereocenters. The fourth-order valence-corrected chi connectivity index (χ4v) is 1.70. The summed E-state index contributed by atoms with van der Waals surface area (Å²) in [6, 6.07) is 7.04. The van der Waals surface area contributed by atoms with E-state index in [2.05, 4.69) is 0 Å². The van der Waals surface area contributed by atoms with Crippen LogP contribution in [0.3, 0.4) is 0 Å². The summed E-state index contributed by atoms with van der Waals surface area (Å²) in [6.07, 6.45) is -1.46. The molecule has 0 aliphatic heterocycles. The average Bonchev–Trinajstić information content (AvgIpc) is 2.30. The Kier molecular flexibility index (Phi) is 4.31. The summed E-state index contributed by atoms with van der Waals surface area (Å²) in [5.74, 6) is -1.22. The van der Waals surface area contributed by atoms with Gasteiger partial charge in [-0.15, -0.1) is 0 Å². The van der Waals surface area contributed by atoms with E-state index in [1.165, 1.54) is 0 Å². The number of carbonyl (C=O) groups is 1. The third-order valence-electron chi connectivity index (χ3n) is 2.57. The van der Waals surface area contributed by atoms with Gasteiger partial charge >= 0.3 is 5.97 Å². The first-order chi connectivity index (χ1) is 7.61. The van der Waals surface area contributed by atoms with E-state index in [-0.39, 0.29) is 0 Å². The standard InChI is InChI=1S/C12H17NO3/c1-3-13(4-2)10-8-6-5-7-9(10)11(14)12(15)16/h5-8,11,14H,3-4H2,1-2H3,(H,15,16). The van der Waals surface area contributed by atoms with Gasteiger partial charge in [0.2, 0.25) is 0 Å². The number of anilines is 1. The molecular weight excluding hydrogens is 206 g/mol. The highest BCUT2D eigenvalue weighted by molar-refractivity contribution is 5.77. The van der Waals surface area contributed by atoms with Gasteiger partial charge in [-0.1, -0.05) is 18.2 Å². The second-order valence-corrected chi connectivity index (χ2v) is 3.47. The minimum atomic E-state index is -1.46. The van der Waals surface area contributed by atoms with Crippen LogP contribution in [-0.4, -0.2) is 29.3 Å². The summed E-state index contributed by atoms with van der Waals surface area (Å²) >= 11 is 0. The first-order valence-corrected chi connectivity index (χ1v) is 5.36. The van der Waals surface area contributed by atoms with E-state index in [1.54, 1.807) is 12.1 Å². The number of rotatable bonds is 5. The minimum Gasteiger partial charge on any atom is -0.479 e. The lowest BCUT2D eigenvalue weighted by atomic mass is 10.1. The molecule has 0 heterocycles. The van der Waals surface area contributed by atoms with Crippen LogP contribution >= 0.6 is 0 Å². The molecule has 4 nitrogen and oxygen atoms in total. The normalized spacial score (nSPS) is 12.2. The van der Waals surface area contributed by atoms with Crippen LogP contribution in [-0.2, 0) is 4.79 Å². The van der Waals surface area contributed by atoms with Crippen molar-refractivity contribution in [3.8, 4) is 0 Å². The van der Waals surface area contributed by atoms with Gasteiger partial charge in [-0.3, -0.25) is 0 Å². The Balaban J connectivity index is 3.13. The zero-order valence-corrected chi connectivity index (χ0v) is 9.55. The Morgan fingerprint density at radius 2 is 1.88 bits per heavy atom. The van der Waals surface area contributed by atoms with Gasteiger partial charge in [0.25, 0.3) is 0 Å². The van der Waals surface area contributed by atoms with Crippen molar-refractivity contribution >= 4 is 11.7 Å². The summed E-state index contributed by atoms with van der Waals surface area (Å²) in [7, 11) is 0. The smallest absolute Gasteiger partial charge is 0.337 e. The highest BCUT2D eigenvalue weighted by atomic mass is 16.4. The van der Waals surface area contributed by atoms with Crippen LogP contribution in [0.1, 0.15) is 25.5 Å². The number of aliphatic hydroxyl groups is 1. The lowest BCUT2D eigenvalue weighted by Gasteiger charge is -2.24. The summed E-state index contributed by atoms with van der Waals surface area (Å²) in [4.78, 5) is 12.8. The zero-order chi connectivity index (χ0) is 12.1. The van der Waals surface area contributed by atoms with Crippen molar-refractivity contribution in [2.45, 2.75) is 20.0 Å². The van der Waals surface area contributed by atoms with Gasteiger partial charge in [0.1, 0.15) is 0 Å². The van der Waals surface area contributed by atoms with Crippen LogP contribution in [0.2, 0.25) is 0 Å². The van der Waals surface area contributed by atoms with Gasteiger partial charge < -0.3 is 15.1 Å². The topological polar surface area (TPSA) is 60.8 Å². The Labute approximate surface area is 95.1 Å².